The molecule has 1 aliphatic carbocycles. The fourth-order valence-corrected chi connectivity index (χ4v) is 4.21. The maximum absolute atomic E-state index is 10.8. The van der Waals surface area contributed by atoms with Crippen LogP contribution in [0.25, 0.3) is 0 Å². The van der Waals surface area contributed by atoms with E-state index in [0.717, 1.165) is 31.5 Å². The second-order valence-electron chi connectivity index (χ2n) is 4.94. The first kappa shape index (κ1) is 13.2. The largest absolute Gasteiger partial charge is 0.386 e. The van der Waals surface area contributed by atoms with Crippen molar-refractivity contribution in [1.82, 2.24) is 9.78 Å². The third-order valence-corrected chi connectivity index (χ3v) is 5.18. The average Bonchev–Trinajstić information content (AvgIpc) is 3.03. The van der Waals surface area contributed by atoms with E-state index in [0.29, 0.717) is 5.02 Å². The van der Waals surface area contributed by atoms with E-state index in [1.54, 1.807) is 22.2 Å². The number of aliphatic hydroxyl groups excluding tert-OH is 1. The molecule has 0 saturated carbocycles. The second-order valence-corrected chi connectivity index (χ2v) is 6.34. The van der Waals surface area contributed by atoms with Gasteiger partial charge in [0.2, 0.25) is 0 Å². The van der Waals surface area contributed by atoms with Crippen LogP contribution in [0.2, 0.25) is 5.02 Å². The van der Waals surface area contributed by atoms with Crippen LogP contribution in [0.1, 0.15) is 47.9 Å². The van der Waals surface area contributed by atoms with E-state index in [1.807, 2.05) is 6.92 Å². The third kappa shape index (κ3) is 2.22. The SMILES string of the molecule is CCn1ncc(Cl)c1C(O)C1CCCc2sccc21. The summed E-state index contributed by atoms with van der Waals surface area (Å²) >= 11 is 7.99. The van der Waals surface area contributed by atoms with E-state index < -0.39 is 6.10 Å². The van der Waals surface area contributed by atoms with E-state index in [1.165, 1.54) is 10.4 Å². The lowest BCUT2D eigenvalue weighted by Gasteiger charge is -2.27. The van der Waals surface area contributed by atoms with Crippen molar-refractivity contribution in [3.63, 3.8) is 0 Å². The lowest BCUT2D eigenvalue weighted by Crippen LogP contribution is -2.19. The molecule has 0 amide bonds. The zero-order chi connectivity index (χ0) is 13.4. The Labute approximate surface area is 121 Å². The fourth-order valence-electron chi connectivity index (χ4n) is 2.96. The number of aliphatic hydroxyl groups is 1. The molecule has 0 bridgehead atoms. The predicted molar refractivity (Wildman–Crippen MR) is 77.9 cm³/mol. The Kier molecular flexibility index (Phi) is 3.65. The number of nitrogens with zero attached hydrogens (tertiary/aromatic N) is 2. The molecular formula is C14H17ClN2OS. The molecule has 0 aromatic carbocycles. The summed E-state index contributed by atoms with van der Waals surface area (Å²) in [6.07, 6.45) is 4.34. The number of aromatic nitrogens is 2. The van der Waals surface area contributed by atoms with Gasteiger partial charge in [-0.05, 0) is 43.2 Å². The van der Waals surface area contributed by atoms with Gasteiger partial charge in [0, 0.05) is 17.3 Å². The van der Waals surface area contributed by atoms with Gasteiger partial charge in [0.15, 0.2) is 0 Å². The number of hydrogen-bond donors (Lipinski definition) is 1. The summed E-state index contributed by atoms with van der Waals surface area (Å²) in [6, 6.07) is 2.15. The predicted octanol–water partition coefficient (Wildman–Crippen LogP) is 3.77. The molecule has 1 aliphatic rings. The van der Waals surface area contributed by atoms with Crippen LogP contribution in [-0.2, 0) is 13.0 Å². The Bertz CT molecular complexity index is 578. The van der Waals surface area contributed by atoms with Crippen molar-refractivity contribution in [3.05, 3.63) is 38.8 Å². The zero-order valence-corrected chi connectivity index (χ0v) is 12.4. The smallest absolute Gasteiger partial charge is 0.104 e. The van der Waals surface area contributed by atoms with Gasteiger partial charge >= 0.3 is 0 Å². The van der Waals surface area contributed by atoms with Crippen molar-refractivity contribution in [3.8, 4) is 0 Å². The number of thiophene rings is 1. The van der Waals surface area contributed by atoms with Crippen molar-refractivity contribution in [2.45, 2.75) is 44.8 Å². The molecule has 1 N–H and O–H groups in total. The van der Waals surface area contributed by atoms with Crippen LogP contribution in [0.15, 0.2) is 17.6 Å². The molecule has 2 heterocycles. The summed E-state index contributed by atoms with van der Waals surface area (Å²) < 4.78 is 1.80. The van der Waals surface area contributed by atoms with Gasteiger partial charge in [0.25, 0.3) is 0 Å². The first-order chi connectivity index (χ1) is 9.22. The minimum absolute atomic E-state index is 0.148. The Morgan fingerprint density at radius 1 is 1.63 bits per heavy atom. The van der Waals surface area contributed by atoms with Crippen molar-refractivity contribution in [2.24, 2.45) is 0 Å². The molecule has 5 heteroatoms. The zero-order valence-electron chi connectivity index (χ0n) is 10.8. The van der Waals surface area contributed by atoms with Crippen LogP contribution >= 0.6 is 22.9 Å². The van der Waals surface area contributed by atoms with E-state index in [-0.39, 0.29) is 5.92 Å². The highest BCUT2D eigenvalue weighted by Crippen LogP contribution is 2.43. The van der Waals surface area contributed by atoms with Gasteiger partial charge in [0.05, 0.1) is 16.9 Å². The van der Waals surface area contributed by atoms with Gasteiger partial charge in [-0.3, -0.25) is 4.68 Å². The summed E-state index contributed by atoms with van der Waals surface area (Å²) in [5.74, 6) is 0.148. The quantitative estimate of drug-likeness (QED) is 0.936. The molecule has 2 aromatic heterocycles. The highest BCUT2D eigenvalue weighted by atomic mass is 35.5. The molecule has 3 rings (SSSR count). The molecule has 19 heavy (non-hydrogen) atoms. The van der Waals surface area contributed by atoms with Crippen LogP contribution in [0.5, 0.6) is 0 Å². The number of halogens is 1. The third-order valence-electron chi connectivity index (χ3n) is 3.89. The second kappa shape index (κ2) is 5.27. The summed E-state index contributed by atoms with van der Waals surface area (Å²) in [7, 11) is 0. The molecule has 2 aromatic rings. The summed E-state index contributed by atoms with van der Waals surface area (Å²) in [5.41, 5.74) is 2.05. The summed E-state index contributed by atoms with van der Waals surface area (Å²) in [5, 5.41) is 17.7. The molecule has 102 valence electrons. The van der Waals surface area contributed by atoms with Crippen LogP contribution in [0.3, 0.4) is 0 Å². The molecular weight excluding hydrogens is 280 g/mol. The van der Waals surface area contributed by atoms with Gasteiger partial charge in [-0.25, -0.2) is 0 Å². The van der Waals surface area contributed by atoms with E-state index in [4.69, 9.17) is 11.6 Å². The molecule has 3 nitrogen and oxygen atoms in total. The fraction of sp³-hybridized carbons (Fsp3) is 0.500. The van der Waals surface area contributed by atoms with Gasteiger partial charge in [-0.2, -0.15) is 5.10 Å². The van der Waals surface area contributed by atoms with Crippen LogP contribution in [-0.4, -0.2) is 14.9 Å². The van der Waals surface area contributed by atoms with Crippen LogP contribution < -0.4 is 0 Å². The number of aryl methyl sites for hydroxylation is 2. The minimum Gasteiger partial charge on any atom is -0.386 e. The first-order valence-corrected chi connectivity index (χ1v) is 7.93. The van der Waals surface area contributed by atoms with Gasteiger partial charge in [0.1, 0.15) is 6.10 Å². The molecule has 0 saturated heterocycles. The maximum Gasteiger partial charge on any atom is 0.104 e. The summed E-state index contributed by atoms with van der Waals surface area (Å²) in [4.78, 5) is 1.41. The lowest BCUT2D eigenvalue weighted by molar-refractivity contribution is 0.126. The van der Waals surface area contributed by atoms with Gasteiger partial charge in [-0.15, -0.1) is 11.3 Å². The Morgan fingerprint density at radius 2 is 2.47 bits per heavy atom. The summed E-state index contributed by atoms with van der Waals surface area (Å²) in [6.45, 7) is 2.73. The van der Waals surface area contributed by atoms with Gasteiger partial charge in [-0.1, -0.05) is 11.6 Å². The van der Waals surface area contributed by atoms with Crippen molar-refractivity contribution in [1.29, 1.82) is 0 Å². The number of fused-ring (bicyclic) bond motifs is 1. The van der Waals surface area contributed by atoms with Crippen molar-refractivity contribution >= 4 is 22.9 Å². The van der Waals surface area contributed by atoms with E-state index in [2.05, 4.69) is 16.5 Å². The van der Waals surface area contributed by atoms with E-state index >= 15 is 0 Å². The van der Waals surface area contributed by atoms with Crippen molar-refractivity contribution in [2.75, 3.05) is 0 Å². The highest BCUT2D eigenvalue weighted by Gasteiger charge is 2.31. The molecule has 2 unspecified atom stereocenters. The Morgan fingerprint density at radius 3 is 3.26 bits per heavy atom. The minimum atomic E-state index is -0.566. The number of rotatable bonds is 3. The molecule has 0 radical (unpaired) electrons. The monoisotopic (exact) mass is 296 g/mol. The molecule has 0 spiro atoms. The Hall–Kier alpha value is -0.840. The topological polar surface area (TPSA) is 38.0 Å². The Balaban J connectivity index is 1.97. The van der Waals surface area contributed by atoms with Crippen LogP contribution in [0.4, 0.5) is 0 Å². The lowest BCUT2D eigenvalue weighted by atomic mass is 9.83. The number of hydrogen-bond acceptors (Lipinski definition) is 3. The molecule has 0 fully saturated rings. The molecule has 0 aliphatic heterocycles. The van der Waals surface area contributed by atoms with Gasteiger partial charge < -0.3 is 5.11 Å². The van der Waals surface area contributed by atoms with Crippen LogP contribution in [0, 0.1) is 0 Å². The van der Waals surface area contributed by atoms with E-state index in [9.17, 15) is 5.11 Å². The standard InChI is InChI=1S/C14H17ClN2OS/c1-2-17-13(11(15)8-16-17)14(18)10-4-3-5-12-9(10)6-7-19-12/h6-8,10,14,18H,2-5H2,1H3. The normalized spacial score (nSPS) is 20.3. The maximum atomic E-state index is 10.8. The highest BCUT2D eigenvalue weighted by molar-refractivity contribution is 7.10. The first-order valence-electron chi connectivity index (χ1n) is 6.68. The average molecular weight is 297 g/mol. The molecule has 2 atom stereocenters. The van der Waals surface area contributed by atoms with Crippen molar-refractivity contribution < 1.29 is 5.11 Å².